The Kier molecular flexibility index (Phi) is 8.58. The van der Waals surface area contributed by atoms with Gasteiger partial charge in [0.2, 0.25) is 0 Å². The van der Waals surface area contributed by atoms with Crippen LogP contribution in [-0.2, 0) is 24.1 Å². The van der Waals surface area contributed by atoms with Crippen molar-refractivity contribution in [3.63, 3.8) is 0 Å². The quantitative estimate of drug-likeness (QED) is 0.370. The summed E-state index contributed by atoms with van der Waals surface area (Å²) in [4.78, 5) is 12.0. The summed E-state index contributed by atoms with van der Waals surface area (Å²) in [5.41, 5.74) is 0.169. The van der Waals surface area contributed by atoms with Gasteiger partial charge in [-0.15, -0.1) is 0 Å². The van der Waals surface area contributed by atoms with E-state index < -0.39 is 20.6 Å². The van der Waals surface area contributed by atoms with Gasteiger partial charge in [0.25, 0.3) is 0 Å². The molecule has 25 heavy (non-hydrogen) atoms. The highest BCUT2D eigenvalue weighted by Gasteiger charge is 2.41. The van der Waals surface area contributed by atoms with E-state index >= 15 is 0 Å². The summed E-state index contributed by atoms with van der Waals surface area (Å²) in [5, 5.41) is 0. The fraction of sp³-hybridized carbons (Fsp3) is 0.611. The predicted octanol–water partition coefficient (Wildman–Crippen LogP) is 4.13. The molecule has 0 radical (unpaired) electrons. The van der Waals surface area contributed by atoms with Gasteiger partial charge < -0.3 is 22.8 Å². The van der Waals surface area contributed by atoms with Gasteiger partial charge in [-0.1, -0.05) is 18.2 Å². The summed E-state index contributed by atoms with van der Waals surface area (Å²) in [6, 6.07) is 7.69. The van der Waals surface area contributed by atoms with E-state index in [9.17, 15) is 4.79 Å². The fourth-order valence-corrected chi connectivity index (χ4v) is 4.92. The number of carbonyl (C=O) groups is 1. The maximum Gasteiger partial charge on any atom is 0.514 e. The zero-order chi connectivity index (χ0) is 18.9. The highest BCUT2D eigenvalue weighted by molar-refractivity contribution is 6.60. The minimum absolute atomic E-state index is 0.418. The lowest BCUT2D eigenvalue weighted by Crippen LogP contribution is -2.48. The van der Waals surface area contributed by atoms with Crippen LogP contribution >= 0.6 is 0 Å². The molecule has 0 spiro atoms. The highest BCUT2D eigenvalue weighted by Crippen LogP contribution is 2.25. The molecule has 142 valence electrons. The van der Waals surface area contributed by atoms with Crippen LogP contribution in [0.2, 0.25) is 0 Å². The van der Waals surface area contributed by atoms with Crippen LogP contribution in [-0.4, -0.2) is 40.4 Å². The first-order valence-corrected chi connectivity index (χ1v) is 10.6. The number of para-hydroxylation sites is 1. The van der Waals surface area contributed by atoms with Crippen molar-refractivity contribution in [3.8, 4) is 5.75 Å². The van der Waals surface area contributed by atoms with Gasteiger partial charge in [0.1, 0.15) is 11.4 Å². The van der Waals surface area contributed by atoms with E-state index in [1.54, 1.807) is 32.9 Å². The second-order valence-corrected chi connectivity index (χ2v) is 8.92. The summed E-state index contributed by atoms with van der Waals surface area (Å²) < 4.78 is 28.3. The predicted molar refractivity (Wildman–Crippen MR) is 97.6 cm³/mol. The third kappa shape index (κ3) is 7.56. The number of ether oxygens (including phenoxy) is 2. The fourth-order valence-electron chi connectivity index (χ4n) is 2.28. The van der Waals surface area contributed by atoms with Crippen molar-refractivity contribution in [2.24, 2.45) is 0 Å². The average Bonchev–Trinajstić information content (AvgIpc) is 2.48. The Labute approximate surface area is 151 Å². The SMILES string of the molecule is CCO[Si](Cc1ccccc1OC(=O)OC(C)(C)C)(OCC)OCC. The van der Waals surface area contributed by atoms with Crippen molar-refractivity contribution in [2.75, 3.05) is 19.8 Å². The molecule has 0 atom stereocenters. The van der Waals surface area contributed by atoms with Crippen LogP contribution in [0.1, 0.15) is 47.1 Å². The summed E-state index contributed by atoms with van der Waals surface area (Å²) in [6.07, 6.45) is -0.739. The first-order chi connectivity index (χ1) is 11.7. The molecule has 0 amide bonds. The summed E-state index contributed by atoms with van der Waals surface area (Å²) in [6.45, 7) is 12.5. The monoisotopic (exact) mass is 370 g/mol. The molecule has 0 aliphatic rings. The Morgan fingerprint density at radius 1 is 0.960 bits per heavy atom. The van der Waals surface area contributed by atoms with Crippen molar-refractivity contribution in [3.05, 3.63) is 29.8 Å². The lowest BCUT2D eigenvalue weighted by molar-refractivity contribution is 0.0202. The molecule has 0 aromatic heterocycles. The molecule has 0 N–H and O–H groups in total. The number of hydrogen-bond donors (Lipinski definition) is 0. The molecule has 0 fully saturated rings. The van der Waals surface area contributed by atoms with E-state index in [0.717, 1.165) is 5.56 Å². The van der Waals surface area contributed by atoms with Gasteiger partial charge in [-0.2, -0.15) is 0 Å². The molecule has 0 bridgehead atoms. The van der Waals surface area contributed by atoms with E-state index in [1.165, 1.54) is 0 Å². The molecule has 0 saturated heterocycles. The number of hydrogen-bond acceptors (Lipinski definition) is 6. The van der Waals surface area contributed by atoms with Gasteiger partial charge in [-0.05, 0) is 53.2 Å². The van der Waals surface area contributed by atoms with Gasteiger partial charge in [0.15, 0.2) is 0 Å². The zero-order valence-corrected chi connectivity index (χ0v) is 17.1. The van der Waals surface area contributed by atoms with Crippen LogP contribution in [0.3, 0.4) is 0 Å². The maximum absolute atomic E-state index is 12.0. The second kappa shape index (κ2) is 9.91. The molecule has 0 heterocycles. The third-order valence-corrected chi connectivity index (χ3v) is 6.05. The number of benzene rings is 1. The minimum atomic E-state index is -2.90. The van der Waals surface area contributed by atoms with E-state index in [0.29, 0.717) is 31.6 Å². The lowest BCUT2D eigenvalue weighted by atomic mass is 10.2. The minimum Gasteiger partial charge on any atom is -0.428 e. The summed E-state index contributed by atoms with van der Waals surface area (Å²) >= 11 is 0. The summed E-state index contributed by atoms with van der Waals surface area (Å²) in [5.74, 6) is 0.424. The molecule has 0 aliphatic carbocycles. The van der Waals surface area contributed by atoms with E-state index in [4.69, 9.17) is 22.8 Å². The average molecular weight is 371 g/mol. The van der Waals surface area contributed by atoms with Crippen LogP contribution < -0.4 is 4.74 Å². The largest absolute Gasteiger partial charge is 0.514 e. The molecule has 7 heteroatoms. The van der Waals surface area contributed by atoms with Crippen molar-refractivity contribution < 1.29 is 27.5 Å². The van der Waals surface area contributed by atoms with Crippen LogP contribution in [0, 0.1) is 0 Å². The molecular weight excluding hydrogens is 340 g/mol. The van der Waals surface area contributed by atoms with E-state index in [2.05, 4.69) is 0 Å². The standard InChI is InChI=1S/C18H30O6Si/c1-7-20-25(21-8-2,22-9-3)14-15-12-10-11-13-16(15)23-17(19)24-18(4,5)6/h10-13H,7-9,14H2,1-6H3. The van der Waals surface area contributed by atoms with Crippen LogP contribution in [0.15, 0.2) is 24.3 Å². The maximum atomic E-state index is 12.0. The van der Waals surface area contributed by atoms with Crippen molar-refractivity contribution in [2.45, 2.75) is 53.2 Å². The van der Waals surface area contributed by atoms with Crippen LogP contribution in [0.4, 0.5) is 4.79 Å². The molecule has 0 aliphatic heterocycles. The molecule has 0 unspecified atom stereocenters. The summed E-state index contributed by atoms with van der Waals surface area (Å²) in [7, 11) is -2.90. The van der Waals surface area contributed by atoms with E-state index in [1.807, 2.05) is 32.9 Å². The molecule has 1 aromatic rings. The smallest absolute Gasteiger partial charge is 0.428 e. The lowest BCUT2D eigenvalue weighted by Gasteiger charge is -2.29. The topological polar surface area (TPSA) is 63.2 Å². The Morgan fingerprint density at radius 2 is 1.48 bits per heavy atom. The van der Waals surface area contributed by atoms with Gasteiger partial charge in [-0.3, -0.25) is 0 Å². The highest BCUT2D eigenvalue weighted by atomic mass is 28.4. The van der Waals surface area contributed by atoms with Gasteiger partial charge >= 0.3 is 15.0 Å². The van der Waals surface area contributed by atoms with Crippen molar-refractivity contribution in [1.29, 1.82) is 0 Å². The number of rotatable bonds is 9. The first kappa shape index (κ1) is 21.6. The molecule has 0 saturated carbocycles. The van der Waals surface area contributed by atoms with Gasteiger partial charge in [0.05, 0.1) is 0 Å². The first-order valence-electron chi connectivity index (χ1n) is 8.65. The van der Waals surface area contributed by atoms with Gasteiger partial charge in [0, 0.05) is 25.9 Å². The number of carbonyl (C=O) groups excluding carboxylic acids is 1. The Balaban J connectivity index is 3.01. The Hall–Kier alpha value is -1.41. The van der Waals surface area contributed by atoms with Gasteiger partial charge in [-0.25, -0.2) is 4.79 Å². The van der Waals surface area contributed by atoms with Crippen LogP contribution in [0.5, 0.6) is 5.75 Å². The van der Waals surface area contributed by atoms with Crippen LogP contribution in [0.25, 0.3) is 0 Å². The molecule has 6 nitrogen and oxygen atoms in total. The van der Waals surface area contributed by atoms with E-state index in [-0.39, 0.29) is 0 Å². The molecule has 1 rings (SSSR count). The van der Waals surface area contributed by atoms with Crippen molar-refractivity contribution in [1.82, 2.24) is 0 Å². The Bertz CT molecular complexity index is 524. The third-order valence-electron chi connectivity index (χ3n) is 3.06. The normalized spacial score (nSPS) is 12.1. The molecule has 1 aromatic carbocycles. The Morgan fingerprint density at radius 3 is 1.96 bits per heavy atom. The zero-order valence-electron chi connectivity index (χ0n) is 16.1. The second-order valence-electron chi connectivity index (χ2n) is 6.33. The van der Waals surface area contributed by atoms with Crippen molar-refractivity contribution >= 4 is 15.0 Å². The molecular formula is C18H30O6Si.